The highest BCUT2D eigenvalue weighted by Crippen LogP contribution is 2.43. The molecule has 25 heavy (non-hydrogen) atoms. The molecule has 0 aromatic heterocycles. The van der Waals surface area contributed by atoms with Crippen LogP contribution in [-0.4, -0.2) is 11.5 Å². The Balaban J connectivity index is 0.000000223. The van der Waals surface area contributed by atoms with Crippen molar-refractivity contribution in [3.05, 3.63) is 77.2 Å². The molecule has 2 heteroatoms. The van der Waals surface area contributed by atoms with E-state index in [0.717, 1.165) is 25.0 Å². The van der Waals surface area contributed by atoms with Gasteiger partial charge >= 0.3 is 0 Å². The zero-order valence-corrected chi connectivity index (χ0v) is 15.0. The van der Waals surface area contributed by atoms with Crippen molar-refractivity contribution in [3.8, 4) is 0 Å². The molecule has 0 saturated heterocycles. The predicted octanol–water partition coefficient (Wildman–Crippen LogP) is 6.12. The lowest BCUT2D eigenvalue weighted by molar-refractivity contribution is -0.123. The Morgan fingerprint density at radius 1 is 1.04 bits per heavy atom. The van der Waals surface area contributed by atoms with Crippen LogP contribution in [0, 0.1) is 5.92 Å². The number of allylic oxidation sites excluding steroid dienone is 3. The smallest absolute Gasteiger partial charge is 0.140 e. The van der Waals surface area contributed by atoms with Gasteiger partial charge in [0.15, 0.2) is 0 Å². The van der Waals surface area contributed by atoms with Gasteiger partial charge in [-0.1, -0.05) is 66.8 Å². The fraction of sp³-hybridized carbons (Fsp3) is 0.261. The van der Waals surface area contributed by atoms with Crippen molar-refractivity contribution in [2.24, 2.45) is 5.92 Å². The maximum absolute atomic E-state index is 12.1. The minimum atomic E-state index is 0.127. The summed E-state index contributed by atoms with van der Waals surface area (Å²) < 4.78 is 0. The van der Waals surface area contributed by atoms with Crippen molar-refractivity contribution >= 4 is 34.4 Å². The molecule has 5 rings (SSSR count). The Hall–Kier alpha value is -2.06. The van der Waals surface area contributed by atoms with E-state index >= 15 is 0 Å². The van der Waals surface area contributed by atoms with E-state index in [-0.39, 0.29) is 5.92 Å². The third-order valence-corrected chi connectivity index (χ3v) is 5.97. The molecule has 0 radical (unpaired) electrons. The second kappa shape index (κ2) is 7.45. The predicted molar refractivity (Wildman–Crippen MR) is 109 cm³/mol. The number of carbonyl (C=O) groups excluding carboxylic acids is 1. The number of fused-ring (bicyclic) bond motifs is 5. The van der Waals surface area contributed by atoms with Crippen LogP contribution >= 0.6 is 11.8 Å². The van der Waals surface area contributed by atoms with Crippen LogP contribution in [0.4, 0.5) is 0 Å². The SMILES string of the molecule is C1=CCSC=C1.O=C1CCCC2c3ccc4ccccc4c3C=CC12. The van der Waals surface area contributed by atoms with E-state index < -0.39 is 0 Å². The first-order valence-electron chi connectivity index (χ1n) is 9.00. The summed E-state index contributed by atoms with van der Waals surface area (Å²) in [5.41, 5.74) is 2.70. The molecule has 0 N–H and O–H groups in total. The normalized spacial score (nSPS) is 23.6. The summed E-state index contributed by atoms with van der Waals surface area (Å²) in [5, 5.41) is 4.69. The van der Waals surface area contributed by atoms with Gasteiger partial charge in [0.25, 0.3) is 0 Å². The highest BCUT2D eigenvalue weighted by atomic mass is 32.2. The lowest BCUT2D eigenvalue weighted by Gasteiger charge is -2.33. The van der Waals surface area contributed by atoms with Crippen LogP contribution in [0.5, 0.6) is 0 Å². The van der Waals surface area contributed by atoms with Crippen molar-refractivity contribution in [2.45, 2.75) is 25.2 Å². The van der Waals surface area contributed by atoms with Crippen LogP contribution in [0.1, 0.15) is 36.3 Å². The standard InChI is InChI=1S/C18H16O.C5H6S/c19-18-7-3-6-14-16-9-8-12-4-1-2-5-13(12)15(16)10-11-17(14)18;1-2-4-6-5-3-1/h1-2,4-5,8-11,14,17H,3,6-7H2;1-4H,5H2. The number of Topliss-reactive ketones (excluding diaryl/α,β-unsaturated/α-hetero) is 1. The van der Waals surface area contributed by atoms with Crippen molar-refractivity contribution in [1.82, 2.24) is 0 Å². The van der Waals surface area contributed by atoms with Gasteiger partial charge in [-0.05, 0) is 46.1 Å². The van der Waals surface area contributed by atoms with Gasteiger partial charge in [-0.2, -0.15) is 0 Å². The Labute approximate surface area is 153 Å². The van der Waals surface area contributed by atoms with Crippen LogP contribution in [0.15, 0.2) is 66.1 Å². The van der Waals surface area contributed by atoms with Crippen molar-refractivity contribution in [2.75, 3.05) is 5.75 Å². The summed E-state index contributed by atoms with van der Waals surface area (Å²) in [6.45, 7) is 0. The van der Waals surface area contributed by atoms with E-state index in [9.17, 15) is 4.79 Å². The van der Waals surface area contributed by atoms with Gasteiger partial charge in [-0.15, -0.1) is 11.8 Å². The fourth-order valence-electron chi connectivity index (χ4n) is 4.03. The number of hydrogen-bond acceptors (Lipinski definition) is 2. The summed E-state index contributed by atoms with van der Waals surface area (Å²) >= 11 is 1.83. The topological polar surface area (TPSA) is 17.1 Å². The Bertz CT molecular complexity index is 863. The van der Waals surface area contributed by atoms with Gasteiger partial charge in [0.2, 0.25) is 0 Å². The van der Waals surface area contributed by atoms with E-state index in [1.807, 2.05) is 17.8 Å². The van der Waals surface area contributed by atoms with Gasteiger partial charge in [0, 0.05) is 18.1 Å². The maximum atomic E-state index is 12.1. The summed E-state index contributed by atoms with van der Waals surface area (Å²) in [4.78, 5) is 12.1. The second-order valence-corrected chi connectivity index (χ2v) is 7.67. The molecule has 0 amide bonds. The van der Waals surface area contributed by atoms with Crippen LogP contribution in [0.25, 0.3) is 16.8 Å². The summed E-state index contributed by atoms with van der Waals surface area (Å²) in [7, 11) is 0. The quantitative estimate of drug-likeness (QED) is 0.571. The first-order chi connectivity index (χ1) is 12.3. The number of rotatable bonds is 0. The molecule has 126 valence electrons. The number of carbonyl (C=O) groups is 1. The lowest BCUT2D eigenvalue weighted by atomic mass is 9.70. The Kier molecular flexibility index (Phi) is 4.89. The third kappa shape index (κ3) is 3.36. The van der Waals surface area contributed by atoms with E-state index in [0.29, 0.717) is 11.7 Å². The minimum absolute atomic E-state index is 0.127. The van der Waals surface area contributed by atoms with Crippen LogP contribution in [0.3, 0.4) is 0 Å². The van der Waals surface area contributed by atoms with Gasteiger partial charge < -0.3 is 0 Å². The van der Waals surface area contributed by atoms with Crippen molar-refractivity contribution < 1.29 is 4.79 Å². The zero-order valence-electron chi connectivity index (χ0n) is 14.2. The highest BCUT2D eigenvalue weighted by Gasteiger charge is 2.34. The monoisotopic (exact) mass is 346 g/mol. The molecule has 3 aliphatic rings. The first kappa shape index (κ1) is 16.4. The summed E-state index contributed by atoms with van der Waals surface area (Å²) in [6.07, 6.45) is 13.5. The average Bonchev–Trinajstić information content (AvgIpc) is 2.69. The molecule has 0 spiro atoms. The molecule has 2 unspecified atom stereocenters. The fourth-order valence-corrected chi connectivity index (χ4v) is 4.56. The highest BCUT2D eigenvalue weighted by molar-refractivity contribution is 8.02. The van der Waals surface area contributed by atoms with Gasteiger partial charge in [-0.3, -0.25) is 4.79 Å². The Morgan fingerprint density at radius 3 is 2.72 bits per heavy atom. The average molecular weight is 346 g/mol. The summed E-state index contributed by atoms with van der Waals surface area (Å²) in [6, 6.07) is 12.9. The molecule has 2 aromatic rings. The molecule has 1 fully saturated rings. The number of thioether (sulfide) groups is 1. The number of benzene rings is 2. The van der Waals surface area contributed by atoms with Crippen molar-refractivity contribution in [3.63, 3.8) is 0 Å². The third-order valence-electron chi connectivity index (χ3n) is 5.23. The molecular formula is C23H22OS. The molecule has 1 aliphatic heterocycles. The molecule has 1 heterocycles. The Morgan fingerprint density at radius 2 is 1.96 bits per heavy atom. The minimum Gasteiger partial charge on any atom is -0.299 e. The molecule has 2 atom stereocenters. The summed E-state index contributed by atoms with van der Waals surface area (Å²) in [5.74, 6) is 2.11. The van der Waals surface area contributed by atoms with Crippen LogP contribution in [0.2, 0.25) is 0 Å². The van der Waals surface area contributed by atoms with Crippen molar-refractivity contribution in [1.29, 1.82) is 0 Å². The molecule has 2 aromatic carbocycles. The number of hydrogen-bond donors (Lipinski definition) is 0. The van der Waals surface area contributed by atoms with E-state index in [4.69, 9.17) is 0 Å². The molecule has 1 saturated carbocycles. The molecular weight excluding hydrogens is 324 g/mol. The molecule has 0 bridgehead atoms. The van der Waals surface area contributed by atoms with Crippen LogP contribution < -0.4 is 0 Å². The first-order valence-corrected chi connectivity index (χ1v) is 10.1. The van der Waals surface area contributed by atoms with E-state index in [1.165, 1.54) is 21.9 Å². The second-order valence-electron chi connectivity index (χ2n) is 6.73. The van der Waals surface area contributed by atoms with E-state index in [1.54, 1.807) is 0 Å². The number of ketones is 1. The van der Waals surface area contributed by atoms with Crippen LogP contribution in [-0.2, 0) is 4.79 Å². The largest absolute Gasteiger partial charge is 0.299 e. The van der Waals surface area contributed by atoms with E-state index in [2.05, 4.69) is 66.1 Å². The lowest BCUT2D eigenvalue weighted by Crippen LogP contribution is -2.27. The van der Waals surface area contributed by atoms with Gasteiger partial charge in [0.05, 0.1) is 0 Å². The van der Waals surface area contributed by atoms with Gasteiger partial charge in [0.1, 0.15) is 5.78 Å². The zero-order chi connectivity index (χ0) is 17.1. The molecule has 2 aliphatic carbocycles. The molecule has 1 nitrogen and oxygen atoms in total. The van der Waals surface area contributed by atoms with Gasteiger partial charge in [-0.25, -0.2) is 0 Å². The maximum Gasteiger partial charge on any atom is 0.140 e.